The topological polar surface area (TPSA) is 31.4 Å². The summed E-state index contributed by atoms with van der Waals surface area (Å²) < 4.78 is 10.5. The molecule has 1 aromatic heterocycles. The smallest absolute Gasteiger partial charge is 0.119 e. The van der Waals surface area contributed by atoms with Gasteiger partial charge in [-0.25, -0.2) is 0 Å². The maximum Gasteiger partial charge on any atom is 0.119 e. The predicted molar refractivity (Wildman–Crippen MR) is 122 cm³/mol. The van der Waals surface area contributed by atoms with Crippen molar-refractivity contribution in [2.75, 3.05) is 14.2 Å². The SMILES string of the molecule is COc1ccc(C(Cl)(c2ccccc2)c2ccc(OC)cc2)cc1.c1ccncc1. The normalized spacial score (nSPS) is 10.5. The first-order valence-corrected chi connectivity index (χ1v) is 9.94. The van der Waals surface area contributed by atoms with Crippen LogP contribution in [0.2, 0.25) is 0 Å². The lowest BCUT2D eigenvalue weighted by molar-refractivity contribution is 0.414. The Morgan fingerprint density at radius 2 is 0.967 bits per heavy atom. The van der Waals surface area contributed by atoms with Crippen molar-refractivity contribution in [1.82, 2.24) is 4.98 Å². The Hall–Kier alpha value is -3.30. The zero-order valence-electron chi connectivity index (χ0n) is 17.0. The van der Waals surface area contributed by atoms with Crippen LogP contribution >= 0.6 is 11.6 Å². The largest absolute Gasteiger partial charge is 0.497 e. The molecular weight excluding hydrogens is 394 g/mol. The van der Waals surface area contributed by atoms with Crippen LogP contribution in [0.1, 0.15) is 16.7 Å². The Morgan fingerprint density at radius 3 is 1.30 bits per heavy atom. The van der Waals surface area contributed by atoms with Gasteiger partial charge in [0.1, 0.15) is 16.4 Å². The van der Waals surface area contributed by atoms with Crippen LogP contribution in [0.15, 0.2) is 109 Å². The molecule has 4 aromatic rings. The van der Waals surface area contributed by atoms with Crippen molar-refractivity contribution in [1.29, 1.82) is 0 Å². The number of nitrogens with zero attached hydrogens (tertiary/aromatic N) is 1. The number of halogens is 1. The van der Waals surface area contributed by atoms with Gasteiger partial charge in [-0.2, -0.15) is 0 Å². The second-order valence-electron chi connectivity index (χ2n) is 6.51. The van der Waals surface area contributed by atoms with Gasteiger partial charge in [0.25, 0.3) is 0 Å². The summed E-state index contributed by atoms with van der Waals surface area (Å²) in [7, 11) is 3.31. The van der Waals surface area contributed by atoms with E-state index in [2.05, 4.69) is 4.98 Å². The van der Waals surface area contributed by atoms with E-state index in [9.17, 15) is 0 Å². The van der Waals surface area contributed by atoms with Gasteiger partial charge in [0.05, 0.1) is 14.2 Å². The monoisotopic (exact) mass is 417 g/mol. The molecule has 0 fully saturated rings. The summed E-state index contributed by atoms with van der Waals surface area (Å²) in [4.78, 5) is 3.01. The highest BCUT2D eigenvalue weighted by Crippen LogP contribution is 2.43. The molecule has 0 saturated carbocycles. The van der Waals surface area contributed by atoms with E-state index in [0.29, 0.717) is 0 Å². The number of hydrogen-bond donors (Lipinski definition) is 0. The summed E-state index contributed by atoms with van der Waals surface area (Å²) >= 11 is 7.22. The van der Waals surface area contributed by atoms with Gasteiger partial charge < -0.3 is 9.47 Å². The molecule has 4 heteroatoms. The Balaban J connectivity index is 0.000000367. The van der Waals surface area contributed by atoms with Crippen LogP contribution in [-0.4, -0.2) is 19.2 Å². The van der Waals surface area contributed by atoms with Gasteiger partial charge in [-0.1, -0.05) is 60.7 Å². The molecule has 4 rings (SSSR count). The van der Waals surface area contributed by atoms with Crippen LogP contribution in [0.3, 0.4) is 0 Å². The van der Waals surface area contributed by atoms with E-state index in [1.165, 1.54) is 0 Å². The molecular formula is C26H24ClNO2. The standard InChI is InChI=1S/C21H19ClO2.C5H5N/c1-23-19-12-8-17(9-13-19)21(22,16-6-4-3-5-7-16)18-10-14-20(24-2)15-11-18;1-2-4-6-5-3-1/h3-15H,1-2H3;1-5H. The fourth-order valence-electron chi connectivity index (χ4n) is 3.12. The summed E-state index contributed by atoms with van der Waals surface area (Å²) in [6, 6.07) is 31.5. The first kappa shape index (κ1) is 21.4. The van der Waals surface area contributed by atoms with E-state index in [-0.39, 0.29) is 0 Å². The predicted octanol–water partition coefficient (Wildman–Crippen LogP) is 6.32. The number of alkyl halides is 1. The minimum atomic E-state index is -0.778. The van der Waals surface area contributed by atoms with E-state index in [1.807, 2.05) is 97.1 Å². The molecule has 3 aromatic carbocycles. The average Bonchev–Trinajstić information content (AvgIpc) is 2.85. The quantitative estimate of drug-likeness (QED) is 0.281. The van der Waals surface area contributed by atoms with E-state index >= 15 is 0 Å². The van der Waals surface area contributed by atoms with Gasteiger partial charge in [-0.3, -0.25) is 4.98 Å². The fourth-order valence-corrected chi connectivity index (χ4v) is 3.50. The zero-order chi connectivity index (χ0) is 21.2. The average molecular weight is 418 g/mol. The molecule has 0 bridgehead atoms. The number of rotatable bonds is 5. The third-order valence-corrected chi connectivity index (χ3v) is 5.37. The highest BCUT2D eigenvalue weighted by atomic mass is 35.5. The maximum atomic E-state index is 7.22. The molecule has 3 nitrogen and oxygen atoms in total. The van der Waals surface area contributed by atoms with Crippen LogP contribution in [0.4, 0.5) is 0 Å². The Kier molecular flexibility index (Phi) is 7.47. The van der Waals surface area contributed by atoms with Gasteiger partial charge in [0.2, 0.25) is 0 Å². The number of hydrogen-bond acceptors (Lipinski definition) is 3. The number of benzene rings is 3. The van der Waals surface area contributed by atoms with E-state index < -0.39 is 4.87 Å². The molecule has 30 heavy (non-hydrogen) atoms. The van der Waals surface area contributed by atoms with Crippen molar-refractivity contribution in [3.8, 4) is 11.5 Å². The van der Waals surface area contributed by atoms with Crippen molar-refractivity contribution in [2.24, 2.45) is 0 Å². The third kappa shape index (κ3) is 5.00. The number of aromatic nitrogens is 1. The van der Waals surface area contributed by atoms with E-state index in [4.69, 9.17) is 21.1 Å². The molecule has 0 aliphatic carbocycles. The van der Waals surface area contributed by atoms with Gasteiger partial charge in [0.15, 0.2) is 0 Å². The van der Waals surface area contributed by atoms with Gasteiger partial charge in [0, 0.05) is 12.4 Å². The number of methoxy groups -OCH3 is 2. The van der Waals surface area contributed by atoms with E-state index in [0.717, 1.165) is 28.2 Å². The van der Waals surface area contributed by atoms with Crippen molar-refractivity contribution in [2.45, 2.75) is 4.87 Å². The van der Waals surface area contributed by atoms with Crippen LogP contribution < -0.4 is 9.47 Å². The molecule has 0 saturated heterocycles. The van der Waals surface area contributed by atoms with Crippen LogP contribution in [-0.2, 0) is 4.87 Å². The Bertz CT molecular complexity index is 930. The van der Waals surface area contributed by atoms with E-state index in [1.54, 1.807) is 26.6 Å². The minimum absolute atomic E-state index is 0.778. The number of pyridine rings is 1. The molecule has 0 N–H and O–H groups in total. The molecule has 0 spiro atoms. The molecule has 0 radical (unpaired) electrons. The zero-order valence-corrected chi connectivity index (χ0v) is 17.8. The van der Waals surface area contributed by atoms with Crippen molar-refractivity contribution in [3.63, 3.8) is 0 Å². The van der Waals surface area contributed by atoms with Crippen LogP contribution in [0.5, 0.6) is 11.5 Å². The third-order valence-electron chi connectivity index (χ3n) is 4.71. The highest BCUT2D eigenvalue weighted by Gasteiger charge is 2.34. The van der Waals surface area contributed by atoms with Crippen molar-refractivity contribution < 1.29 is 9.47 Å². The molecule has 0 aliphatic heterocycles. The lowest BCUT2D eigenvalue weighted by Crippen LogP contribution is -2.22. The lowest BCUT2D eigenvalue weighted by Gasteiger charge is -2.29. The van der Waals surface area contributed by atoms with Crippen molar-refractivity contribution in [3.05, 3.63) is 126 Å². The van der Waals surface area contributed by atoms with Crippen LogP contribution in [0, 0.1) is 0 Å². The fraction of sp³-hybridized carbons (Fsp3) is 0.115. The van der Waals surface area contributed by atoms with Crippen molar-refractivity contribution >= 4 is 11.6 Å². The number of ether oxygens (including phenoxy) is 2. The minimum Gasteiger partial charge on any atom is -0.497 e. The van der Waals surface area contributed by atoms with Gasteiger partial charge in [-0.15, -0.1) is 11.6 Å². The molecule has 152 valence electrons. The van der Waals surface area contributed by atoms with Gasteiger partial charge in [-0.05, 0) is 53.1 Å². The first-order chi connectivity index (χ1) is 14.7. The second kappa shape index (κ2) is 10.5. The summed E-state index contributed by atoms with van der Waals surface area (Å²) in [5, 5.41) is 0. The molecule has 1 heterocycles. The summed E-state index contributed by atoms with van der Waals surface area (Å²) in [5.74, 6) is 1.61. The second-order valence-corrected chi connectivity index (χ2v) is 7.07. The molecule has 0 aliphatic rings. The summed E-state index contributed by atoms with van der Waals surface area (Å²) in [6.45, 7) is 0. The lowest BCUT2D eigenvalue weighted by atomic mass is 9.84. The first-order valence-electron chi connectivity index (χ1n) is 9.57. The maximum absolute atomic E-state index is 7.22. The highest BCUT2D eigenvalue weighted by molar-refractivity contribution is 6.28. The summed E-state index contributed by atoms with van der Waals surface area (Å²) in [5.41, 5.74) is 2.99. The van der Waals surface area contributed by atoms with Gasteiger partial charge >= 0.3 is 0 Å². The Morgan fingerprint density at radius 1 is 0.567 bits per heavy atom. The summed E-state index contributed by atoms with van der Waals surface area (Å²) in [6.07, 6.45) is 3.50. The molecule has 0 atom stereocenters. The molecule has 0 amide bonds. The van der Waals surface area contributed by atoms with Crippen LogP contribution in [0.25, 0.3) is 0 Å². The Labute approximate surface area is 182 Å². The molecule has 0 unspecified atom stereocenters.